The van der Waals surface area contributed by atoms with Gasteiger partial charge in [-0.2, -0.15) is 0 Å². The zero-order valence-electron chi connectivity index (χ0n) is 11.4. The van der Waals surface area contributed by atoms with E-state index < -0.39 is 11.9 Å². The molecule has 0 atom stereocenters. The van der Waals surface area contributed by atoms with E-state index in [4.69, 9.17) is 14.9 Å². The fraction of sp³-hybridized carbons (Fsp3) is 0.429. The van der Waals surface area contributed by atoms with E-state index in [1.54, 1.807) is 4.90 Å². The van der Waals surface area contributed by atoms with Crippen LogP contribution in [0.25, 0.3) is 0 Å². The summed E-state index contributed by atoms with van der Waals surface area (Å²) in [5.74, 6) is -1.21. The van der Waals surface area contributed by atoms with Crippen LogP contribution in [0.1, 0.15) is 12.0 Å². The van der Waals surface area contributed by atoms with Crippen LogP contribution >= 0.6 is 0 Å². The van der Waals surface area contributed by atoms with Gasteiger partial charge in [0.1, 0.15) is 12.4 Å². The van der Waals surface area contributed by atoms with Crippen molar-refractivity contribution >= 4 is 11.9 Å². The van der Waals surface area contributed by atoms with E-state index >= 15 is 0 Å². The predicted molar refractivity (Wildman–Crippen MR) is 73.0 cm³/mol. The van der Waals surface area contributed by atoms with Gasteiger partial charge in [-0.1, -0.05) is 17.7 Å². The molecule has 1 rings (SSSR count). The van der Waals surface area contributed by atoms with Gasteiger partial charge in [-0.25, -0.2) is 0 Å². The third kappa shape index (κ3) is 6.75. The van der Waals surface area contributed by atoms with Gasteiger partial charge in [0.05, 0.1) is 13.0 Å². The van der Waals surface area contributed by atoms with Crippen molar-refractivity contribution in [2.75, 3.05) is 26.2 Å². The fourth-order valence-electron chi connectivity index (χ4n) is 1.64. The van der Waals surface area contributed by atoms with Crippen LogP contribution in [0, 0.1) is 6.92 Å². The highest BCUT2D eigenvalue weighted by atomic mass is 16.5. The van der Waals surface area contributed by atoms with E-state index in [2.05, 4.69) is 0 Å². The Morgan fingerprint density at radius 3 is 2.30 bits per heavy atom. The van der Waals surface area contributed by atoms with Crippen LogP contribution < -0.4 is 4.74 Å². The Balaban J connectivity index is 2.38. The Kier molecular flexibility index (Phi) is 6.52. The monoisotopic (exact) mass is 281 g/mol. The Morgan fingerprint density at radius 1 is 1.10 bits per heavy atom. The van der Waals surface area contributed by atoms with Gasteiger partial charge in [0.25, 0.3) is 0 Å². The van der Waals surface area contributed by atoms with E-state index in [-0.39, 0.29) is 19.5 Å². The summed E-state index contributed by atoms with van der Waals surface area (Å²) in [6.45, 7) is 2.66. The van der Waals surface area contributed by atoms with Crippen LogP contribution in [0.5, 0.6) is 5.75 Å². The Labute approximate surface area is 117 Å². The highest BCUT2D eigenvalue weighted by molar-refractivity contribution is 5.69. The molecule has 0 bridgehead atoms. The second-order valence-corrected chi connectivity index (χ2v) is 4.48. The van der Waals surface area contributed by atoms with Crippen molar-refractivity contribution in [2.45, 2.75) is 13.3 Å². The van der Waals surface area contributed by atoms with Gasteiger partial charge in [0.15, 0.2) is 0 Å². The topological polar surface area (TPSA) is 87.1 Å². The predicted octanol–water partition coefficient (Wildman–Crippen LogP) is 1.24. The first kappa shape index (κ1) is 16.0. The lowest BCUT2D eigenvalue weighted by atomic mass is 10.2. The minimum Gasteiger partial charge on any atom is -0.492 e. The Bertz CT molecular complexity index is 443. The summed E-state index contributed by atoms with van der Waals surface area (Å²) in [6.07, 6.45) is -0.0855. The van der Waals surface area contributed by atoms with Crippen LogP contribution in [0.2, 0.25) is 0 Å². The third-order valence-electron chi connectivity index (χ3n) is 2.70. The minimum atomic E-state index is -0.981. The van der Waals surface area contributed by atoms with E-state index in [9.17, 15) is 9.59 Å². The maximum Gasteiger partial charge on any atom is 0.317 e. The number of carboxylic acid groups (broad SMARTS) is 2. The first-order valence-electron chi connectivity index (χ1n) is 6.33. The number of hydrogen-bond acceptors (Lipinski definition) is 4. The molecule has 1 aromatic rings. The molecule has 0 saturated carbocycles. The molecule has 0 amide bonds. The zero-order valence-corrected chi connectivity index (χ0v) is 11.4. The van der Waals surface area contributed by atoms with Crippen molar-refractivity contribution in [3.05, 3.63) is 29.8 Å². The molecule has 0 aliphatic heterocycles. The highest BCUT2D eigenvalue weighted by Gasteiger charge is 2.11. The fourth-order valence-corrected chi connectivity index (χ4v) is 1.64. The molecule has 0 aromatic heterocycles. The quantitative estimate of drug-likeness (QED) is 0.708. The number of aryl methyl sites for hydroxylation is 1. The zero-order chi connectivity index (χ0) is 15.0. The molecule has 20 heavy (non-hydrogen) atoms. The minimum absolute atomic E-state index is 0.0855. The standard InChI is InChI=1S/C14H19NO5/c1-11-2-4-12(5-3-11)20-9-8-15(10-14(18)19)7-6-13(16)17/h2-5H,6-10H2,1H3,(H,16,17)(H,18,19). The lowest BCUT2D eigenvalue weighted by Gasteiger charge is -2.19. The number of aliphatic carboxylic acids is 2. The van der Waals surface area contributed by atoms with Gasteiger partial charge in [-0.15, -0.1) is 0 Å². The second-order valence-electron chi connectivity index (χ2n) is 4.48. The summed E-state index contributed by atoms with van der Waals surface area (Å²) in [4.78, 5) is 22.8. The summed E-state index contributed by atoms with van der Waals surface area (Å²) in [6, 6.07) is 7.53. The van der Waals surface area contributed by atoms with Gasteiger partial charge >= 0.3 is 11.9 Å². The molecule has 0 radical (unpaired) electrons. The summed E-state index contributed by atoms with van der Waals surface area (Å²) in [5, 5.41) is 17.4. The molecule has 6 heteroatoms. The van der Waals surface area contributed by atoms with Gasteiger partial charge in [0, 0.05) is 13.1 Å². The molecule has 0 aliphatic carbocycles. The van der Waals surface area contributed by atoms with Crippen LogP contribution in [0.15, 0.2) is 24.3 Å². The normalized spacial score (nSPS) is 10.5. The second kappa shape index (κ2) is 8.16. The van der Waals surface area contributed by atoms with Gasteiger partial charge in [-0.05, 0) is 19.1 Å². The van der Waals surface area contributed by atoms with E-state index in [0.717, 1.165) is 5.56 Å². The molecule has 0 fully saturated rings. The first-order chi connectivity index (χ1) is 9.47. The van der Waals surface area contributed by atoms with Gasteiger partial charge in [0.2, 0.25) is 0 Å². The number of carboxylic acids is 2. The molecule has 0 unspecified atom stereocenters. The van der Waals surface area contributed by atoms with Crippen LogP contribution in [0.4, 0.5) is 0 Å². The number of rotatable bonds is 9. The van der Waals surface area contributed by atoms with Crippen molar-refractivity contribution in [1.82, 2.24) is 4.90 Å². The number of carbonyl (C=O) groups is 2. The molecule has 2 N–H and O–H groups in total. The Hall–Kier alpha value is -2.08. The van der Waals surface area contributed by atoms with Crippen molar-refractivity contribution in [2.24, 2.45) is 0 Å². The molecule has 1 aromatic carbocycles. The van der Waals surface area contributed by atoms with Crippen LogP contribution in [-0.4, -0.2) is 53.3 Å². The van der Waals surface area contributed by atoms with Crippen LogP contribution in [-0.2, 0) is 9.59 Å². The summed E-state index contributed by atoms with van der Waals surface area (Å²) in [7, 11) is 0. The van der Waals surface area contributed by atoms with Crippen LogP contribution in [0.3, 0.4) is 0 Å². The maximum absolute atomic E-state index is 10.7. The summed E-state index contributed by atoms with van der Waals surface area (Å²) in [5.41, 5.74) is 1.13. The van der Waals surface area contributed by atoms with Crippen molar-refractivity contribution in [3.8, 4) is 5.75 Å². The number of benzene rings is 1. The van der Waals surface area contributed by atoms with Gasteiger partial charge in [-0.3, -0.25) is 14.5 Å². The lowest BCUT2D eigenvalue weighted by Crippen LogP contribution is -2.35. The average molecular weight is 281 g/mol. The van der Waals surface area contributed by atoms with Crippen molar-refractivity contribution < 1.29 is 24.5 Å². The first-order valence-corrected chi connectivity index (χ1v) is 6.33. The molecule has 0 heterocycles. The SMILES string of the molecule is Cc1ccc(OCCN(CCC(=O)O)CC(=O)O)cc1. The average Bonchev–Trinajstić information content (AvgIpc) is 2.37. The Morgan fingerprint density at radius 2 is 1.75 bits per heavy atom. The molecular weight excluding hydrogens is 262 g/mol. The number of hydrogen-bond donors (Lipinski definition) is 2. The van der Waals surface area contributed by atoms with Crippen molar-refractivity contribution in [1.29, 1.82) is 0 Å². The largest absolute Gasteiger partial charge is 0.492 e. The third-order valence-corrected chi connectivity index (χ3v) is 2.70. The molecule has 0 spiro atoms. The van der Waals surface area contributed by atoms with E-state index in [1.165, 1.54) is 0 Å². The molecule has 110 valence electrons. The van der Waals surface area contributed by atoms with E-state index in [1.807, 2.05) is 31.2 Å². The lowest BCUT2D eigenvalue weighted by molar-refractivity contribution is -0.141. The summed E-state index contributed by atoms with van der Waals surface area (Å²) < 4.78 is 5.50. The number of ether oxygens (including phenoxy) is 1. The van der Waals surface area contributed by atoms with Crippen molar-refractivity contribution in [3.63, 3.8) is 0 Å². The molecule has 0 saturated heterocycles. The smallest absolute Gasteiger partial charge is 0.317 e. The maximum atomic E-state index is 10.7. The van der Waals surface area contributed by atoms with E-state index in [0.29, 0.717) is 18.9 Å². The van der Waals surface area contributed by atoms with Gasteiger partial charge < -0.3 is 14.9 Å². The molecular formula is C14H19NO5. The highest BCUT2D eigenvalue weighted by Crippen LogP contribution is 2.11. The summed E-state index contributed by atoms with van der Waals surface area (Å²) >= 11 is 0. The number of nitrogens with zero attached hydrogens (tertiary/aromatic N) is 1. The molecule has 0 aliphatic rings. The molecule has 6 nitrogen and oxygen atoms in total.